The molecule has 0 bridgehead atoms. The van der Waals surface area contributed by atoms with E-state index in [1.54, 1.807) is 13.2 Å². The van der Waals surface area contributed by atoms with Gasteiger partial charge in [-0.2, -0.15) is 5.10 Å². The SMILES string of the molecule is COc1ccccc1C(C)NC(=O)Cn1nc(-c2ccc3c(c2)OCCCO3)ccc1=O. The molecule has 166 valence electrons. The lowest BCUT2D eigenvalue weighted by Gasteiger charge is -2.17. The zero-order valence-electron chi connectivity index (χ0n) is 18.0. The number of hydrogen-bond acceptors (Lipinski definition) is 6. The van der Waals surface area contributed by atoms with Crippen molar-refractivity contribution in [2.75, 3.05) is 20.3 Å². The third kappa shape index (κ3) is 4.74. The minimum absolute atomic E-state index is 0.198. The van der Waals surface area contributed by atoms with Gasteiger partial charge < -0.3 is 19.5 Å². The molecule has 3 aromatic rings. The Labute approximate surface area is 185 Å². The number of methoxy groups -OCH3 is 1. The van der Waals surface area contributed by atoms with Gasteiger partial charge in [-0.25, -0.2) is 4.68 Å². The third-order valence-electron chi connectivity index (χ3n) is 5.19. The normalized spacial score (nSPS) is 13.7. The molecule has 32 heavy (non-hydrogen) atoms. The van der Waals surface area contributed by atoms with Gasteiger partial charge in [0.1, 0.15) is 12.3 Å². The number of aromatic nitrogens is 2. The minimum atomic E-state index is -0.358. The molecule has 0 saturated heterocycles. The molecule has 1 unspecified atom stereocenters. The maximum Gasteiger partial charge on any atom is 0.267 e. The van der Waals surface area contributed by atoms with Crippen molar-refractivity contribution < 1.29 is 19.0 Å². The van der Waals surface area contributed by atoms with Gasteiger partial charge in [0.15, 0.2) is 11.5 Å². The van der Waals surface area contributed by atoms with Crippen LogP contribution in [0.3, 0.4) is 0 Å². The van der Waals surface area contributed by atoms with Crippen molar-refractivity contribution in [3.05, 3.63) is 70.5 Å². The second-order valence-corrected chi connectivity index (χ2v) is 7.46. The summed E-state index contributed by atoms with van der Waals surface area (Å²) < 4.78 is 17.9. The highest BCUT2D eigenvalue weighted by molar-refractivity contribution is 5.76. The summed E-state index contributed by atoms with van der Waals surface area (Å²) >= 11 is 0. The molecule has 2 heterocycles. The zero-order valence-corrected chi connectivity index (χ0v) is 18.0. The van der Waals surface area contributed by atoms with Crippen LogP contribution < -0.4 is 25.1 Å². The van der Waals surface area contributed by atoms with Crippen molar-refractivity contribution in [3.63, 3.8) is 0 Å². The van der Waals surface area contributed by atoms with Crippen molar-refractivity contribution in [2.45, 2.75) is 25.9 Å². The first-order valence-corrected chi connectivity index (χ1v) is 10.5. The molecule has 0 aliphatic carbocycles. The van der Waals surface area contributed by atoms with Crippen LogP contribution in [-0.4, -0.2) is 36.0 Å². The Morgan fingerprint density at radius 2 is 1.91 bits per heavy atom. The second-order valence-electron chi connectivity index (χ2n) is 7.46. The van der Waals surface area contributed by atoms with Crippen LogP contribution in [0.25, 0.3) is 11.3 Å². The van der Waals surface area contributed by atoms with Gasteiger partial charge in [-0.1, -0.05) is 18.2 Å². The van der Waals surface area contributed by atoms with Crippen LogP contribution in [0.1, 0.15) is 24.9 Å². The van der Waals surface area contributed by atoms with E-state index in [1.165, 1.54) is 6.07 Å². The number of ether oxygens (including phenoxy) is 3. The van der Waals surface area contributed by atoms with Crippen molar-refractivity contribution >= 4 is 5.91 Å². The molecule has 4 rings (SSSR count). The van der Waals surface area contributed by atoms with Crippen molar-refractivity contribution in [1.29, 1.82) is 0 Å². The molecule has 2 aromatic carbocycles. The maximum absolute atomic E-state index is 12.6. The fourth-order valence-corrected chi connectivity index (χ4v) is 3.56. The van der Waals surface area contributed by atoms with Crippen LogP contribution in [0.4, 0.5) is 0 Å². The van der Waals surface area contributed by atoms with E-state index in [1.807, 2.05) is 49.4 Å². The second kappa shape index (κ2) is 9.55. The number of hydrogen-bond donors (Lipinski definition) is 1. The summed E-state index contributed by atoms with van der Waals surface area (Å²) in [5, 5.41) is 7.29. The van der Waals surface area contributed by atoms with E-state index in [0.29, 0.717) is 36.2 Å². The van der Waals surface area contributed by atoms with Crippen LogP contribution in [-0.2, 0) is 11.3 Å². The Balaban J connectivity index is 1.51. The Morgan fingerprint density at radius 1 is 1.12 bits per heavy atom. The molecule has 0 spiro atoms. The lowest BCUT2D eigenvalue weighted by atomic mass is 10.1. The number of benzene rings is 2. The first-order chi connectivity index (χ1) is 15.5. The van der Waals surface area contributed by atoms with Gasteiger partial charge in [0.05, 0.1) is 32.1 Å². The number of rotatable bonds is 6. The van der Waals surface area contributed by atoms with Crippen LogP contribution in [0, 0.1) is 0 Å². The van der Waals surface area contributed by atoms with Crippen molar-refractivity contribution in [1.82, 2.24) is 15.1 Å². The van der Waals surface area contributed by atoms with Crippen LogP contribution in [0.2, 0.25) is 0 Å². The van der Waals surface area contributed by atoms with Crippen LogP contribution in [0.15, 0.2) is 59.4 Å². The summed E-state index contributed by atoms with van der Waals surface area (Å²) in [5.74, 6) is 1.69. The Morgan fingerprint density at radius 3 is 2.72 bits per heavy atom. The van der Waals surface area contributed by atoms with Gasteiger partial charge in [0, 0.05) is 23.6 Å². The molecule has 8 heteroatoms. The van der Waals surface area contributed by atoms with E-state index in [9.17, 15) is 9.59 Å². The van der Waals surface area contributed by atoms with Gasteiger partial charge in [0.25, 0.3) is 5.56 Å². The standard InChI is InChI=1S/C24H25N3O5/c1-16(18-6-3-4-7-20(18)30-2)25-23(28)15-27-24(29)11-9-19(26-27)17-8-10-21-22(14-17)32-13-5-12-31-21/h3-4,6-11,14,16H,5,12-13,15H2,1-2H3,(H,25,28). The molecule has 1 amide bonds. The number of nitrogens with zero attached hydrogens (tertiary/aromatic N) is 2. The highest BCUT2D eigenvalue weighted by atomic mass is 16.5. The molecule has 1 atom stereocenters. The number of amides is 1. The summed E-state index contributed by atoms with van der Waals surface area (Å²) in [6, 6.07) is 15.7. The highest BCUT2D eigenvalue weighted by Gasteiger charge is 2.16. The first-order valence-electron chi connectivity index (χ1n) is 10.5. The molecular formula is C24H25N3O5. The Hall–Kier alpha value is -3.81. The lowest BCUT2D eigenvalue weighted by Crippen LogP contribution is -2.35. The van der Waals surface area contributed by atoms with Gasteiger partial charge in [-0.05, 0) is 37.3 Å². The van der Waals surface area contributed by atoms with E-state index < -0.39 is 0 Å². The van der Waals surface area contributed by atoms with E-state index in [-0.39, 0.29) is 24.1 Å². The predicted octanol–water partition coefficient (Wildman–Crippen LogP) is 2.96. The molecule has 1 aromatic heterocycles. The number of nitrogens with one attached hydrogen (secondary N) is 1. The number of carbonyl (C=O) groups excluding carboxylic acids is 1. The molecule has 0 radical (unpaired) electrons. The molecule has 0 saturated carbocycles. The Bertz CT molecular complexity index is 1170. The number of fused-ring (bicyclic) bond motifs is 1. The summed E-state index contributed by atoms with van der Waals surface area (Å²) in [4.78, 5) is 25.0. The average Bonchev–Trinajstić information content (AvgIpc) is 3.05. The first kappa shape index (κ1) is 21.4. The minimum Gasteiger partial charge on any atom is -0.496 e. The van der Waals surface area contributed by atoms with E-state index in [0.717, 1.165) is 22.2 Å². The van der Waals surface area contributed by atoms with E-state index >= 15 is 0 Å². The fraction of sp³-hybridized carbons (Fsp3) is 0.292. The largest absolute Gasteiger partial charge is 0.496 e. The quantitative estimate of drug-likeness (QED) is 0.640. The van der Waals surface area contributed by atoms with Crippen LogP contribution in [0.5, 0.6) is 17.2 Å². The molecule has 1 N–H and O–H groups in total. The van der Waals surface area contributed by atoms with Gasteiger partial charge in [-0.3, -0.25) is 9.59 Å². The number of para-hydroxylation sites is 1. The van der Waals surface area contributed by atoms with Gasteiger partial charge in [0.2, 0.25) is 5.91 Å². The third-order valence-corrected chi connectivity index (χ3v) is 5.19. The van der Waals surface area contributed by atoms with Crippen molar-refractivity contribution in [2.24, 2.45) is 0 Å². The van der Waals surface area contributed by atoms with E-state index in [2.05, 4.69) is 10.4 Å². The predicted molar refractivity (Wildman–Crippen MR) is 119 cm³/mol. The maximum atomic E-state index is 12.6. The summed E-state index contributed by atoms with van der Waals surface area (Å²) in [6.45, 7) is 2.85. The Kier molecular flexibility index (Phi) is 6.39. The molecule has 1 aliphatic rings. The summed E-state index contributed by atoms with van der Waals surface area (Å²) in [7, 11) is 1.59. The zero-order chi connectivity index (χ0) is 22.5. The van der Waals surface area contributed by atoms with Gasteiger partial charge >= 0.3 is 0 Å². The summed E-state index contributed by atoms with van der Waals surface area (Å²) in [5.41, 5.74) is 1.82. The van der Waals surface area contributed by atoms with Gasteiger partial charge in [-0.15, -0.1) is 0 Å². The molecular weight excluding hydrogens is 410 g/mol. The van der Waals surface area contributed by atoms with Crippen LogP contribution >= 0.6 is 0 Å². The highest BCUT2D eigenvalue weighted by Crippen LogP contribution is 2.33. The average molecular weight is 435 g/mol. The monoisotopic (exact) mass is 435 g/mol. The van der Waals surface area contributed by atoms with Crippen molar-refractivity contribution in [3.8, 4) is 28.5 Å². The molecule has 8 nitrogen and oxygen atoms in total. The fourth-order valence-electron chi connectivity index (χ4n) is 3.56. The number of carbonyl (C=O) groups is 1. The van der Waals surface area contributed by atoms with E-state index in [4.69, 9.17) is 14.2 Å². The molecule has 0 fully saturated rings. The topological polar surface area (TPSA) is 91.7 Å². The summed E-state index contributed by atoms with van der Waals surface area (Å²) in [6.07, 6.45) is 0.815. The lowest BCUT2D eigenvalue weighted by molar-refractivity contribution is -0.122. The molecule has 1 aliphatic heterocycles. The smallest absolute Gasteiger partial charge is 0.267 e.